The molecule has 2 amide bonds. The number of benzene rings is 2. The minimum atomic E-state index is -0.461. The molecule has 0 aliphatic rings. The Morgan fingerprint density at radius 2 is 1.67 bits per heavy atom. The van der Waals surface area contributed by atoms with Gasteiger partial charge in [0.15, 0.2) is 0 Å². The number of carbonyl (C=O) groups excluding carboxylic acids is 3. The number of aryl methyl sites for hydroxylation is 1. The highest BCUT2D eigenvalue weighted by atomic mass is 16.2. The lowest BCUT2D eigenvalue weighted by Crippen LogP contribution is -2.48. The van der Waals surface area contributed by atoms with Crippen LogP contribution in [0.25, 0.3) is 10.9 Å². The van der Waals surface area contributed by atoms with E-state index in [1.807, 2.05) is 81.8 Å². The molecule has 0 radical (unpaired) electrons. The standard InChI is InChI=1S/C14H23N3O.C14H16N2O2/c1-16(2)13(14(18)15-17(3)4)11-10-12-8-6-5-7-9-12;1-2-14(18)16-11(9-17)7-10-8-15-13-6-4-3-5-12(10)13/h5-9,13H,10-11H2,1-4H3,(H,15,18);3-6,8-9,11,15H,2,7H2,1H3,(H,16,18)/t;11-/m.1/s1. The lowest BCUT2D eigenvalue weighted by Gasteiger charge is -2.25. The molecule has 2 atom stereocenters. The lowest BCUT2D eigenvalue weighted by atomic mass is 10.0. The topological polar surface area (TPSA) is 97.5 Å². The van der Waals surface area contributed by atoms with E-state index in [9.17, 15) is 14.4 Å². The molecule has 2 aromatic carbocycles. The van der Waals surface area contributed by atoms with Gasteiger partial charge in [0.1, 0.15) is 6.29 Å². The fraction of sp³-hybridized carbons (Fsp3) is 0.393. The number of carbonyl (C=O) groups is 3. The summed E-state index contributed by atoms with van der Waals surface area (Å²) in [5, 5.41) is 5.47. The van der Waals surface area contributed by atoms with Gasteiger partial charge >= 0.3 is 0 Å². The predicted octanol–water partition coefficient (Wildman–Crippen LogP) is 2.95. The van der Waals surface area contributed by atoms with Crippen molar-refractivity contribution in [2.24, 2.45) is 0 Å². The molecular weight excluding hydrogens is 454 g/mol. The second-order valence-electron chi connectivity index (χ2n) is 9.10. The van der Waals surface area contributed by atoms with Crippen LogP contribution >= 0.6 is 0 Å². The Balaban J connectivity index is 0.000000254. The number of amides is 2. The second kappa shape index (κ2) is 14.8. The van der Waals surface area contributed by atoms with Gasteiger partial charge in [-0.05, 0) is 44.1 Å². The first-order chi connectivity index (χ1) is 17.2. The van der Waals surface area contributed by atoms with Crippen molar-refractivity contribution in [3.63, 3.8) is 0 Å². The summed E-state index contributed by atoms with van der Waals surface area (Å²) in [6, 6.07) is 17.6. The number of aromatic amines is 1. The Kier molecular flexibility index (Phi) is 11.8. The van der Waals surface area contributed by atoms with Crippen molar-refractivity contribution in [1.82, 2.24) is 25.6 Å². The van der Waals surface area contributed by atoms with Crippen molar-refractivity contribution in [1.29, 1.82) is 0 Å². The molecule has 0 spiro atoms. The summed E-state index contributed by atoms with van der Waals surface area (Å²) >= 11 is 0. The fourth-order valence-corrected chi connectivity index (χ4v) is 3.85. The number of likely N-dealkylation sites (N-methyl/N-ethyl adjacent to an activating group) is 1. The van der Waals surface area contributed by atoms with Crippen LogP contribution in [0.5, 0.6) is 0 Å². The van der Waals surface area contributed by atoms with E-state index in [0.717, 1.165) is 35.6 Å². The van der Waals surface area contributed by atoms with Gasteiger partial charge in [0.2, 0.25) is 5.91 Å². The van der Waals surface area contributed by atoms with Crippen LogP contribution in [0.2, 0.25) is 0 Å². The number of para-hydroxylation sites is 1. The number of hydrazine groups is 1. The van der Waals surface area contributed by atoms with Crippen LogP contribution in [0.3, 0.4) is 0 Å². The van der Waals surface area contributed by atoms with E-state index in [4.69, 9.17) is 0 Å². The van der Waals surface area contributed by atoms with Crippen LogP contribution in [0.15, 0.2) is 60.8 Å². The molecule has 0 saturated heterocycles. The summed E-state index contributed by atoms with van der Waals surface area (Å²) in [5.74, 6) is -0.0622. The molecule has 3 rings (SSSR count). The molecule has 1 aromatic heterocycles. The van der Waals surface area contributed by atoms with Gasteiger partial charge in [-0.15, -0.1) is 0 Å². The van der Waals surface area contributed by atoms with Gasteiger partial charge < -0.3 is 15.1 Å². The first kappa shape index (κ1) is 28.7. The van der Waals surface area contributed by atoms with Gasteiger partial charge in [-0.2, -0.15) is 0 Å². The molecule has 3 aromatic rings. The third-order valence-corrected chi connectivity index (χ3v) is 5.76. The summed E-state index contributed by atoms with van der Waals surface area (Å²) < 4.78 is 0. The van der Waals surface area contributed by atoms with E-state index in [2.05, 4.69) is 27.9 Å². The first-order valence-corrected chi connectivity index (χ1v) is 12.2. The number of aromatic nitrogens is 1. The van der Waals surface area contributed by atoms with Gasteiger partial charge in [0.25, 0.3) is 5.91 Å². The van der Waals surface area contributed by atoms with Gasteiger partial charge in [-0.1, -0.05) is 55.5 Å². The first-order valence-electron chi connectivity index (χ1n) is 12.2. The van der Waals surface area contributed by atoms with Crippen molar-refractivity contribution in [2.45, 2.75) is 44.7 Å². The SMILES string of the molecule is CCC(=O)N[C@@H](C=O)Cc1c[nH]c2ccccc12.CN(C)NC(=O)C(CCc1ccccc1)N(C)C. The molecule has 8 heteroatoms. The van der Waals surface area contributed by atoms with Crippen LogP contribution in [0.4, 0.5) is 0 Å². The van der Waals surface area contributed by atoms with E-state index in [1.165, 1.54) is 5.56 Å². The average Bonchev–Trinajstić information content (AvgIpc) is 3.26. The Bertz CT molecular complexity index is 1090. The maximum absolute atomic E-state index is 12.0. The Morgan fingerprint density at radius 3 is 2.28 bits per heavy atom. The van der Waals surface area contributed by atoms with E-state index >= 15 is 0 Å². The van der Waals surface area contributed by atoms with E-state index < -0.39 is 6.04 Å². The summed E-state index contributed by atoms with van der Waals surface area (Å²) in [7, 11) is 7.51. The molecule has 0 aliphatic heterocycles. The summed E-state index contributed by atoms with van der Waals surface area (Å²) in [4.78, 5) is 39.4. The summed E-state index contributed by atoms with van der Waals surface area (Å²) in [6.45, 7) is 1.77. The van der Waals surface area contributed by atoms with Crippen molar-refractivity contribution >= 4 is 29.0 Å². The molecule has 1 heterocycles. The number of rotatable bonds is 11. The van der Waals surface area contributed by atoms with Crippen LogP contribution in [0, 0.1) is 0 Å². The number of nitrogens with zero attached hydrogens (tertiary/aromatic N) is 2. The molecule has 0 fully saturated rings. The fourth-order valence-electron chi connectivity index (χ4n) is 3.85. The maximum Gasteiger partial charge on any atom is 0.251 e. The molecule has 3 N–H and O–H groups in total. The smallest absolute Gasteiger partial charge is 0.251 e. The zero-order valence-electron chi connectivity index (χ0n) is 22.0. The second-order valence-corrected chi connectivity index (χ2v) is 9.10. The highest BCUT2D eigenvalue weighted by Crippen LogP contribution is 2.18. The minimum Gasteiger partial charge on any atom is -0.361 e. The van der Waals surface area contributed by atoms with Gasteiger partial charge in [0, 0.05) is 44.0 Å². The number of hydrogen-bond donors (Lipinski definition) is 3. The molecule has 1 unspecified atom stereocenters. The van der Waals surface area contributed by atoms with Crippen molar-refractivity contribution in [3.8, 4) is 0 Å². The predicted molar refractivity (Wildman–Crippen MR) is 144 cm³/mol. The average molecular weight is 494 g/mol. The Hall–Kier alpha value is -3.49. The zero-order valence-corrected chi connectivity index (χ0v) is 22.0. The molecule has 194 valence electrons. The van der Waals surface area contributed by atoms with E-state index in [-0.39, 0.29) is 17.9 Å². The highest BCUT2D eigenvalue weighted by molar-refractivity contribution is 5.84. The molecule has 0 bridgehead atoms. The number of H-pyrrole nitrogens is 1. The highest BCUT2D eigenvalue weighted by Gasteiger charge is 2.20. The Morgan fingerprint density at radius 1 is 1.00 bits per heavy atom. The largest absolute Gasteiger partial charge is 0.361 e. The summed E-state index contributed by atoms with van der Waals surface area (Å²) in [5.41, 5.74) is 6.16. The lowest BCUT2D eigenvalue weighted by molar-refractivity contribution is -0.129. The number of nitrogens with one attached hydrogen (secondary N) is 3. The van der Waals surface area contributed by atoms with Crippen LogP contribution in [-0.4, -0.2) is 73.3 Å². The maximum atomic E-state index is 12.0. The monoisotopic (exact) mass is 493 g/mol. The van der Waals surface area contributed by atoms with Crippen molar-refractivity contribution < 1.29 is 14.4 Å². The molecular formula is C28H39N5O3. The summed E-state index contributed by atoms with van der Waals surface area (Å²) in [6.07, 6.45) is 5.30. The van der Waals surface area contributed by atoms with E-state index in [0.29, 0.717) is 12.8 Å². The van der Waals surface area contributed by atoms with Crippen LogP contribution < -0.4 is 10.7 Å². The zero-order chi connectivity index (χ0) is 26.5. The molecule has 8 nitrogen and oxygen atoms in total. The number of aldehydes is 1. The van der Waals surface area contributed by atoms with Crippen LogP contribution in [0.1, 0.15) is 30.9 Å². The minimum absolute atomic E-state index is 0.0425. The van der Waals surface area contributed by atoms with Gasteiger partial charge in [-0.25, -0.2) is 5.01 Å². The third-order valence-electron chi connectivity index (χ3n) is 5.76. The molecule has 0 aliphatic carbocycles. The Labute approximate surface area is 214 Å². The number of fused-ring (bicyclic) bond motifs is 1. The molecule has 0 saturated carbocycles. The van der Waals surface area contributed by atoms with E-state index in [1.54, 1.807) is 11.9 Å². The third kappa shape index (κ3) is 9.28. The quantitative estimate of drug-likeness (QED) is 0.282. The van der Waals surface area contributed by atoms with Gasteiger partial charge in [0.05, 0.1) is 12.1 Å². The molecule has 36 heavy (non-hydrogen) atoms. The van der Waals surface area contributed by atoms with Crippen molar-refractivity contribution in [2.75, 3.05) is 28.2 Å². The van der Waals surface area contributed by atoms with Crippen LogP contribution in [-0.2, 0) is 27.2 Å². The van der Waals surface area contributed by atoms with Gasteiger partial charge in [-0.3, -0.25) is 19.9 Å². The number of hydrogen-bond acceptors (Lipinski definition) is 5. The normalized spacial score (nSPS) is 12.5. The van der Waals surface area contributed by atoms with Crippen molar-refractivity contribution in [3.05, 3.63) is 71.9 Å².